The molecule has 1 N–H and O–H groups in total. The summed E-state index contributed by atoms with van der Waals surface area (Å²) in [5.41, 5.74) is 2.26. The van der Waals surface area contributed by atoms with Gasteiger partial charge in [0, 0.05) is 0 Å². The van der Waals surface area contributed by atoms with Crippen LogP contribution in [0.4, 0.5) is 9.59 Å². The van der Waals surface area contributed by atoms with Crippen LogP contribution in [0.5, 0.6) is 0 Å². The summed E-state index contributed by atoms with van der Waals surface area (Å²) in [6.45, 7) is 3.86. The van der Waals surface area contributed by atoms with Crippen LogP contribution in [0.15, 0.2) is 0 Å². The Morgan fingerprint density at radius 1 is 1.29 bits per heavy atom. The van der Waals surface area contributed by atoms with Gasteiger partial charge >= 0.3 is 12.2 Å². The fourth-order valence-electron chi connectivity index (χ4n) is 0.818. The largest absolute Gasteiger partial charge is 0.449 e. The third-order valence-electron chi connectivity index (χ3n) is 1.50. The van der Waals surface area contributed by atoms with Crippen molar-refractivity contribution in [2.75, 3.05) is 26.0 Å². The van der Waals surface area contributed by atoms with Crippen molar-refractivity contribution < 1.29 is 19.1 Å². The van der Waals surface area contributed by atoms with Gasteiger partial charge < -0.3 is 9.47 Å². The number of rotatable bonds is 4. The number of hydrogen-bond donors (Lipinski definition) is 1. The van der Waals surface area contributed by atoms with Gasteiger partial charge in [0.2, 0.25) is 0 Å². The molecule has 0 saturated carbocycles. The molecule has 0 bridgehead atoms. The molecule has 0 aliphatic carbocycles. The van der Waals surface area contributed by atoms with Crippen LogP contribution in [-0.4, -0.2) is 47.4 Å². The molecule has 0 aromatic rings. The van der Waals surface area contributed by atoms with Crippen LogP contribution in [0.3, 0.4) is 0 Å². The average molecular weight is 280 g/mol. The number of thioether (sulfide) groups is 1. The Labute approximate surface area is 110 Å². The molecule has 6 nitrogen and oxygen atoms in total. The minimum absolute atomic E-state index is 0.0914. The normalized spacial score (nSPS) is 9.35. The second kappa shape index (κ2) is 9.06. The first-order valence-corrected chi connectivity index (χ1v) is 6.62. The molecule has 0 rings (SSSR count). The van der Waals surface area contributed by atoms with E-state index < -0.39 is 12.2 Å². The maximum atomic E-state index is 11.5. The van der Waals surface area contributed by atoms with Crippen LogP contribution in [0.25, 0.3) is 0 Å². The second-order valence-electron chi connectivity index (χ2n) is 2.69. The van der Waals surface area contributed by atoms with Gasteiger partial charge in [-0.15, -0.1) is 11.8 Å². The van der Waals surface area contributed by atoms with Crippen LogP contribution >= 0.6 is 24.0 Å². The maximum Gasteiger partial charge on any atom is 0.429 e. The summed E-state index contributed by atoms with van der Waals surface area (Å²) in [5.74, 6) is 0. The van der Waals surface area contributed by atoms with Crippen molar-refractivity contribution in [3.63, 3.8) is 0 Å². The lowest BCUT2D eigenvalue weighted by Gasteiger charge is -2.21. The Kier molecular flexibility index (Phi) is 8.51. The highest BCUT2D eigenvalue weighted by Gasteiger charge is 2.19. The summed E-state index contributed by atoms with van der Waals surface area (Å²) in [6.07, 6.45) is 0.400. The minimum Gasteiger partial charge on any atom is -0.449 e. The zero-order valence-corrected chi connectivity index (χ0v) is 11.7. The monoisotopic (exact) mass is 280 g/mol. The third-order valence-corrected chi connectivity index (χ3v) is 2.72. The van der Waals surface area contributed by atoms with Gasteiger partial charge in [0.05, 0.1) is 24.0 Å². The first-order valence-electron chi connectivity index (χ1n) is 4.99. The van der Waals surface area contributed by atoms with Gasteiger partial charge in [0.1, 0.15) is 0 Å². The van der Waals surface area contributed by atoms with Crippen LogP contribution in [0.1, 0.15) is 13.8 Å². The molecule has 0 fully saturated rings. The number of thiocarbonyl (C=S) groups is 1. The molecule has 2 amide bonds. The van der Waals surface area contributed by atoms with Crippen molar-refractivity contribution in [2.24, 2.45) is 0 Å². The molecule has 8 heteroatoms. The van der Waals surface area contributed by atoms with Crippen LogP contribution in [-0.2, 0) is 9.47 Å². The lowest BCUT2D eigenvalue weighted by atomic mass is 10.7. The lowest BCUT2D eigenvalue weighted by molar-refractivity contribution is 0.0811. The quantitative estimate of drug-likeness (QED) is 0.625. The van der Waals surface area contributed by atoms with E-state index in [4.69, 9.17) is 17.0 Å². The highest BCUT2D eigenvalue weighted by molar-refractivity contribution is 8.22. The Balaban J connectivity index is 4.44. The summed E-state index contributed by atoms with van der Waals surface area (Å²) in [4.78, 5) is 22.7. The summed E-state index contributed by atoms with van der Waals surface area (Å²) in [7, 11) is 0. The number of hydrazine groups is 1. The summed E-state index contributed by atoms with van der Waals surface area (Å²) in [6, 6.07) is 0. The van der Waals surface area contributed by atoms with Crippen molar-refractivity contribution in [1.82, 2.24) is 10.4 Å². The van der Waals surface area contributed by atoms with Gasteiger partial charge in [-0.3, -0.25) is 0 Å². The molecule has 0 radical (unpaired) electrons. The molecule has 0 aliphatic rings. The second-order valence-corrected chi connectivity index (χ2v) is 4.35. The Morgan fingerprint density at radius 3 is 2.35 bits per heavy atom. The molecule has 0 heterocycles. The van der Waals surface area contributed by atoms with Crippen LogP contribution < -0.4 is 5.43 Å². The summed E-state index contributed by atoms with van der Waals surface area (Å²) in [5, 5.41) is 0.986. The molecule has 0 saturated heterocycles. The molecule has 0 aromatic carbocycles. The smallest absolute Gasteiger partial charge is 0.429 e. The van der Waals surface area contributed by atoms with Gasteiger partial charge in [0.25, 0.3) is 0 Å². The number of carbonyl (C=O) groups excluding carboxylic acids is 2. The van der Waals surface area contributed by atoms with E-state index in [9.17, 15) is 9.59 Å². The first-order chi connectivity index (χ1) is 8.04. The van der Waals surface area contributed by atoms with Crippen molar-refractivity contribution in [2.45, 2.75) is 13.8 Å². The summed E-state index contributed by atoms with van der Waals surface area (Å²) < 4.78 is 9.99. The van der Waals surface area contributed by atoms with Crippen LogP contribution in [0.2, 0.25) is 0 Å². The van der Waals surface area contributed by atoms with Crippen molar-refractivity contribution in [3.05, 3.63) is 0 Å². The SMILES string of the molecule is CCOC(=O)NN(CC(=S)SC)C(=O)OCC. The summed E-state index contributed by atoms with van der Waals surface area (Å²) >= 11 is 6.29. The highest BCUT2D eigenvalue weighted by Crippen LogP contribution is 2.01. The number of nitrogens with zero attached hydrogens (tertiary/aromatic N) is 1. The Hall–Kier alpha value is -1.02. The van der Waals surface area contributed by atoms with Gasteiger partial charge in [-0.1, -0.05) is 12.2 Å². The zero-order chi connectivity index (χ0) is 13.3. The van der Waals surface area contributed by atoms with E-state index >= 15 is 0 Å². The Bertz CT molecular complexity index is 286. The number of carbonyl (C=O) groups is 2. The van der Waals surface area contributed by atoms with Gasteiger partial charge in [0.15, 0.2) is 0 Å². The lowest BCUT2D eigenvalue weighted by Crippen LogP contribution is -2.48. The Morgan fingerprint density at radius 2 is 1.88 bits per heavy atom. The number of nitrogens with one attached hydrogen (secondary N) is 1. The number of hydrogen-bond acceptors (Lipinski definition) is 6. The fourth-order valence-corrected chi connectivity index (χ4v) is 1.21. The van der Waals surface area contributed by atoms with E-state index in [0.29, 0.717) is 4.20 Å². The van der Waals surface area contributed by atoms with E-state index in [1.807, 2.05) is 0 Å². The predicted molar refractivity (Wildman–Crippen MR) is 70.0 cm³/mol. The molecule has 0 atom stereocenters. The number of ether oxygens (including phenoxy) is 2. The average Bonchev–Trinajstić information content (AvgIpc) is 2.28. The molecule has 17 heavy (non-hydrogen) atoms. The standard InChI is InChI=1S/C9H16N2O4S2/c1-4-14-8(12)10-11(6-7(16)17-3)9(13)15-5-2/h4-6H2,1-3H3,(H,10,12). The molecule has 0 aliphatic heterocycles. The molecule has 0 spiro atoms. The van der Waals surface area contributed by atoms with Crippen LogP contribution in [0, 0.1) is 0 Å². The molecule has 0 aromatic heterocycles. The van der Waals surface area contributed by atoms with E-state index in [1.54, 1.807) is 20.1 Å². The maximum absolute atomic E-state index is 11.5. The molecule has 98 valence electrons. The number of amides is 2. The molecular weight excluding hydrogens is 264 g/mol. The fraction of sp³-hybridized carbons (Fsp3) is 0.667. The van der Waals surface area contributed by atoms with E-state index in [0.717, 1.165) is 5.01 Å². The molecule has 0 unspecified atom stereocenters. The topological polar surface area (TPSA) is 67.9 Å². The van der Waals surface area contributed by atoms with Gasteiger partial charge in [-0.2, -0.15) is 0 Å². The van der Waals surface area contributed by atoms with E-state index in [-0.39, 0.29) is 19.8 Å². The third kappa shape index (κ3) is 7.01. The highest BCUT2D eigenvalue weighted by atomic mass is 32.2. The van der Waals surface area contributed by atoms with Crippen molar-refractivity contribution in [3.8, 4) is 0 Å². The zero-order valence-electron chi connectivity index (χ0n) is 10.0. The molecular formula is C9H16N2O4S2. The van der Waals surface area contributed by atoms with Gasteiger partial charge in [-0.05, 0) is 20.1 Å². The van der Waals surface area contributed by atoms with Gasteiger partial charge in [-0.25, -0.2) is 20.0 Å². The minimum atomic E-state index is -0.718. The first kappa shape index (κ1) is 16.0. The van der Waals surface area contributed by atoms with E-state index in [2.05, 4.69) is 10.2 Å². The van der Waals surface area contributed by atoms with E-state index in [1.165, 1.54) is 11.8 Å². The van der Waals surface area contributed by atoms with Crippen molar-refractivity contribution in [1.29, 1.82) is 0 Å². The predicted octanol–water partition coefficient (Wildman–Crippen LogP) is 1.80. The van der Waals surface area contributed by atoms with Crippen molar-refractivity contribution >= 4 is 40.4 Å².